The van der Waals surface area contributed by atoms with Crippen LogP contribution in [0.15, 0.2) is 42.5 Å². The number of rotatable bonds is 4. The number of nitrogens with zero attached hydrogens (tertiary/aromatic N) is 1. The van der Waals surface area contributed by atoms with Gasteiger partial charge in [0.1, 0.15) is 0 Å². The summed E-state index contributed by atoms with van der Waals surface area (Å²) in [6.45, 7) is 5.12. The van der Waals surface area contributed by atoms with Crippen LogP contribution in [0.3, 0.4) is 0 Å². The van der Waals surface area contributed by atoms with Gasteiger partial charge in [-0.15, -0.1) is 0 Å². The number of amides is 2. The Labute approximate surface area is 142 Å². The minimum atomic E-state index is -0.0846. The van der Waals surface area contributed by atoms with Crippen molar-refractivity contribution in [3.8, 4) is 0 Å². The van der Waals surface area contributed by atoms with Crippen molar-refractivity contribution in [1.29, 1.82) is 0 Å². The normalized spacial score (nSPS) is 12.8. The molecule has 124 valence electrons. The van der Waals surface area contributed by atoms with E-state index < -0.39 is 0 Å². The SMILES string of the molecule is CCC(=O)N1CCc2cc(C(=O)NCc3ccc(C)cc3)ccc21. The molecule has 0 radical (unpaired) electrons. The zero-order valence-corrected chi connectivity index (χ0v) is 14.1. The van der Waals surface area contributed by atoms with Gasteiger partial charge in [-0.2, -0.15) is 0 Å². The van der Waals surface area contributed by atoms with Crippen molar-refractivity contribution >= 4 is 17.5 Å². The Morgan fingerprint density at radius 1 is 1.12 bits per heavy atom. The summed E-state index contributed by atoms with van der Waals surface area (Å²) >= 11 is 0. The first kappa shape index (κ1) is 16.2. The Balaban J connectivity index is 1.68. The fraction of sp³-hybridized carbons (Fsp3) is 0.300. The molecule has 0 saturated carbocycles. The Bertz CT molecular complexity index is 766. The van der Waals surface area contributed by atoms with Crippen molar-refractivity contribution in [2.24, 2.45) is 0 Å². The number of nitrogens with one attached hydrogen (secondary N) is 1. The van der Waals surface area contributed by atoms with E-state index in [0.29, 0.717) is 25.1 Å². The fourth-order valence-corrected chi connectivity index (χ4v) is 2.98. The second-order valence-corrected chi connectivity index (χ2v) is 6.16. The van der Waals surface area contributed by atoms with Crippen LogP contribution in [0.25, 0.3) is 0 Å². The lowest BCUT2D eigenvalue weighted by atomic mass is 10.1. The molecule has 1 heterocycles. The van der Waals surface area contributed by atoms with Crippen LogP contribution in [0.4, 0.5) is 5.69 Å². The number of carbonyl (C=O) groups is 2. The maximum atomic E-state index is 12.4. The highest BCUT2D eigenvalue weighted by molar-refractivity contribution is 5.98. The van der Waals surface area contributed by atoms with Crippen LogP contribution in [-0.4, -0.2) is 18.4 Å². The largest absolute Gasteiger partial charge is 0.348 e. The number of anilines is 1. The maximum Gasteiger partial charge on any atom is 0.251 e. The van der Waals surface area contributed by atoms with Crippen LogP contribution in [0.2, 0.25) is 0 Å². The van der Waals surface area contributed by atoms with Gasteiger partial charge in [0.2, 0.25) is 5.91 Å². The summed E-state index contributed by atoms with van der Waals surface area (Å²) in [6, 6.07) is 13.7. The highest BCUT2D eigenvalue weighted by atomic mass is 16.2. The molecular formula is C20H22N2O2. The minimum Gasteiger partial charge on any atom is -0.348 e. The summed E-state index contributed by atoms with van der Waals surface area (Å²) in [5, 5.41) is 2.95. The molecule has 0 atom stereocenters. The van der Waals surface area contributed by atoms with Crippen LogP contribution in [-0.2, 0) is 17.8 Å². The molecule has 2 amide bonds. The standard InChI is InChI=1S/C20H22N2O2/c1-3-19(23)22-11-10-16-12-17(8-9-18(16)22)20(24)21-13-15-6-4-14(2)5-7-15/h4-9,12H,3,10-11,13H2,1-2H3,(H,21,24). The van der Waals surface area contributed by atoms with Crippen LogP contribution in [0.1, 0.15) is 40.4 Å². The number of fused-ring (bicyclic) bond motifs is 1. The molecule has 1 aliphatic heterocycles. The molecule has 1 N–H and O–H groups in total. The second-order valence-electron chi connectivity index (χ2n) is 6.16. The van der Waals surface area contributed by atoms with Crippen LogP contribution in [0, 0.1) is 6.92 Å². The monoisotopic (exact) mass is 322 g/mol. The molecule has 2 aromatic carbocycles. The Morgan fingerprint density at radius 2 is 1.88 bits per heavy atom. The molecule has 0 spiro atoms. The third-order valence-corrected chi connectivity index (χ3v) is 4.41. The van der Waals surface area contributed by atoms with Crippen LogP contribution >= 0.6 is 0 Å². The first-order valence-corrected chi connectivity index (χ1v) is 8.35. The third kappa shape index (κ3) is 3.32. The molecule has 4 nitrogen and oxygen atoms in total. The fourth-order valence-electron chi connectivity index (χ4n) is 2.98. The third-order valence-electron chi connectivity index (χ3n) is 4.41. The highest BCUT2D eigenvalue weighted by Crippen LogP contribution is 2.29. The predicted molar refractivity (Wildman–Crippen MR) is 95.1 cm³/mol. The second kappa shape index (κ2) is 6.87. The summed E-state index contributed by atoms with van der Waals surface area (Å²) in [4.78, 5) is 26.1. The van der Waals surface area contributed by atoms with E-state index in [1.54, 1.807) is 6.07 Å². The quantitative estimate of drug-likeness (QED) is 0.939. The van der Waals surface area contributed by atoms with Crippen LogP contribution in [0.5, 0.6) is 0 Å². The molecule has 4 heteroatoms. The van der Waals surface area contributed by atoms with E-state index in [-0.39, 0.29) is 11.8 Å². The lowest BCUT2D eigenvalue weighted by Crippen LogP contribution is -2.27. The van der Waals surface area contributed by atoms with Gasteiger partial charge in [0, 0.05) is 30.8 Å². The van der Waals surface area contributed by atoms with Gasteiger partial charge in [-0.25, -0.2) is 0 Å². The molecule has 3 rings (SSSR count). The maximum absolute atomic E-state index is 12.4. The van der Waals surface area contributed by atoms with Crippen molar-refractivity contribution in [1.82, 2.24) is 5.32 Å². The summed E-state index contributed by atoms with van der Waals surface area (Å²) in [5.41, 5.74) is 4.94. The zero-order chi connectivity index (χ0) is 17.1. The topological polar surface area (TPSA) is 49.4 Å². The molecule has 0 saturated heterocycles. The van der Waals surface area contributed by atoms with Gasteiger partial charge in [-0.1, -0.05) is 36.8 Å². The Morgan fingerprint density at radius 3 is 2.58 bits per heavy atom. The predicted octanol–water partition coefficient (Wildman–Crippen LogP) is 3.22. The van der Waals surface area contributed by atoms with Crippen molar-refractivity contribution in [3.05, 3.63) is 64.7 Å². The van der Waals surface area contributed by atoms with Gasteiger partial charge in [0.25, 0.3) is 5.91 Å². The average Bonchev–Trinajstić information content (AvgIpc) is 3.03. The van der Waals surface area contributed by atoms with E-state index in [2.05, 4.69) is 5.32 Å². The molecule has 2 aromatic rings. The van der Waals surface area contributed by atoms with E-state index in [1.807, 2.05) is 55.1 Å². The Hall–Kier alpha value is -2.62. The number of benzene rings is 2. The van der Waals surface area contributed by atoms with E-state index in [4.69, 9.17) is 0 Å². The van der Waals surface area contributed by atoms with Crippen molar-refractivity contribution in [2.75, 3.05) is 11.4 Å². The van der Waals surface area contributed by atoms with E-state index >= 15 is 0 Å². The summed E-state index contributed by atoms with van der Waals surface area (Å²) in [6.07, 6.45) is 1.30. The minimum absolute atomic E-state index is 0.0846. The van der Waals surface area contributed by atoms with Gasteiger partial charge in [-0.05, 0) is 42.7 Å². The molecule has 0 fully saturated rings. The van der Waals surface area contributed by atoms with Gasteiger partial charge >= 0.3 is 0 Å². The Kier molecular flexibility index (Phi) is 4.65. The summed E-state index contributed by atoms with van der Waals surface area (Å²) < 4.78 is 0. The number of aryl methyl sites for hydroxylation is 1. The molecular weight excluding hydrogens is 300 g/mol. The lowest BCUT2D eigenvalue weighted by molar-refractivity contribution is -0.118. The first-order valence-electron chi connectivity index (χ1n) is 8.35. The highest BCUT2D eigenvalue weighted by Gasteiger charge is 2.24. The van der Waals surface area contributed by atoms with E-state index in [1.165, 1.54) is 5.56 Å². The average molecular weight is 322 g/mol. The number of hydrogen-bond acceptors (Lipinski definition) is 2. The van der Waals surface area contributed by atoms with Gasteiger partial charge in [0.15, 0.2) is 0 Å². The number of hydrogen-bond donors (Lipinski definition) is 1. The molecule has 0 aromatic heterocycles. The molecule has 0 aliphatic carbocycles. The van der Waals surface area contributed by atoms with Gasteiger partial charge < -0.3 is 10.2 Å². The summed E-state index contributed by atoms with van der Waals surface area (Å²) in [5.74, 6) is 0.0453. The smallest absolute Gasteiger partial charge is 0.251 e. The van der Waals surface area contributed by atoms with Crippen molar-refractivity contribution in [2.45, 2.75) is 33.2 Å². The van der Waals surface area contributed by atoms with E-state index in [0.717, 1.165) is 23.2 Å². The van der Waals surface area contributed by atoms with Gasteiger partial charge in [-0.3, -0.25) is 9.59 Å². The molecule has 0 bridgehead atoms. The van der Waals surface area contributed by atoms with E-state index in [9.17, 15) is 9.59 Å². The van der Waals surface area contributed by atoms with Crippen molar-refractivity contribution < 1.29 is 9.59 Å². The zero-order valence-electron chi connectivity index (χ0n) is 14.1. The van der Waals surface area contributed by atoms with Gasteiger partial charge in [0.05, 0.1) is 0 Å². The first-order chi connectivity index (χ1) is 11.6. The van der Waals surface area contributed by atoms with Crippen molar-refractivity contribution in [3.63, 3.8) is 0 Å². The lowest BCUT2D eigenvalue weighted by Gasteiger charge is -2.16. The molecule has 24 heavy (non-hydrogen) atoms. The molecule has 1 aliphatic rings. The molecule has 0 unspecified atom stereocenters. The van der Waals surface area contributed by atoms with Crippen LogP contribution < -0.4 is 10.2 Å². The number of carbonyl (C=O) groups excluding carboxylic acids is 2. The summed E-state index contributed by atoms with van der Waals surface area (Å²) in [7, 11) is 0.